The number of benzene rings is 1. The highest BCUT2D eigenvalue weighted by Gasteiger charge is 2.37. The molecule has 1 aliphatic heterocycles. The first kappa shape index (κ1) is 10.4. The Balaban J connectivity index is 2.25. The Hall–Kier alpha value is -1.09. The quantitative estimate of drug-likeness (QED) is 0.745. The van der Waals surface area contributed by atoms with Crippen LogP contribution in [0.25, 0.3) is 0 Å². The summed E-state index contributed by atoms with van der Waals surface area (Å²) < 4.78 is 14.2. The van der Waals surface area contributed by atoms with E-state index in [4.69, 9.17) is 0 Å². The predicted molar refractivity (Wildman–Crippen MR) is 57.6 cm³/mol. The van der Waals surface area contributed by atoms with E-state index in [1.54, 1.807) is 31.2 Å². The lowest BCUT2D eigenvalue weighted by molar-refractivity contribution is 0.0883. The highest BCUT2D eigenvalue weighted by atomic mass is 19.1. The second kappa shape index (κ2) is 3.81. The minimum absolute atomic E-state index is 0.218. The highest BCUT2D eigenvalue weighted by molar-refractivity contribution is 5.29. The molecule has 1 saturated heterocycles. The molecule has 2 nitrogen and oxygen atoms in total. The van der Waals surface area contributed by atoms with E-state index in [1.165, 1.54) is 0 Å². The van der Waals surface area contributed by atoms with Crippen LogP contribution in [0, 0.1) is 0 Å². The number of nitrogens with one attached hydrogen (secondary N) is 1. The molecule has 1 aromatic carbocycles. The molecule has 2 atom stereocenters. The van der Waals surface area contributed by atoms with Crippen LogP contribution in [-0.2, 0) is 0 Å². The van der Waals surface area contributed by atoms with Crippen molar-refractivity contribution in [3.8, 4) is 5.75 Å². The average molecular weight is 209 g/mol. The van der Waals surface area contributed by atoms with E-state index in [2.05, 4.69) is 5.32 Å². The summed E-state index contributed by atoms with van der Waals surface area (Å²) in [5, 5.41) is 12.4. The fraction of sp³-hybridized carbons (Fsp3) is 0.500. The predicted octanol–water partition coefficient (Wildman–Crippen LogP) is 2.54. The summed E-state index contributed by atoms with van der Waals surface area (Å²) in [6, 6.07) is 6.49. The average Bonchev–Trinajstić information content (AvgIpc) is 2.19. The van der Waals surface area contributed by atoms with E-state index in [1.807, 2.05) is 0 Å². The summed E-state index contributed by atoms with van der Waals surface area (Å²) in [6.07, 6.45) is 1.47. The number of hydrogen-bond acceptors (Lipinski definition) is 2. The molecule has 0 amide bonds. The third-order valence-corrected chi connectivity index (χ3v) is 3.02. The van der Waals surface area contributed by atoms with Crippen molar-refractivity contribution in [2.24, 2.45) is 0 Å². The van der Waals surface area contributed by atoms with E-state index in [-0.39, 0.29) is 11.8 Å². The van der Waals surface area contributed by atoms with Crippen LogP contribution in [0.5, 0.6) is 5.75 Å². The lowest BCUT2D eigenvalue weighted by Crippen LogP contribution is -2.43. The maximum absolute atomic E-state index is 14.2. The molecule has 2 unspecified atom stereocenters. The number of aromatic hydroxyl groups is 1. The molecular formula is C12H16FNO. The molecule has 15 heavy (non-hydrogen) atoms. The minimum Gasteiger partial charge on any atom is -0.508 e. The lowest BCUT2D eigenvalue weighted by Gasteiger charge is -2.36. The van der Waals surface area contributed by atoms with Crippen LogP contribution in [0.1, 0.15) is 31.4 Å². The van der Waals surface area contributed by atoms with Gasteiger partial charge in [0.2, 0.25) is 0 Å². The zero-order valence-corrected chi connectivity index (χ0v) is 8.83. The number of hydrogen-bond donors (Lipinski definition) is 2. The first-order valence-electron chi connectivity index (χ1n) is 5.31. The maximum atomic E-state index is 14.2. The fourth-order valence-corrected chi connectivity index (χ4v) is 2.17. The Morgan fingerprint density at radius 2 is 2.07 bits per heavy atom. The number of phenols is 1. The van der Waals surface area contributed by atoms with Gasteiger partial charge in [-0.1, -0.05) is 12.1 Å². The summed E-state index contributed by atoms with van der Waals surface area (Å²) in [6.45, 7) is 2.49. The van der Waals surface area contributed by atoms with Crippen LogP contribution in [0.2, 0.25) is 0 Å². The molecule has 2 rings (SSSR count). The highest BCUT2D eigenvalue weighted by Crippen LogP contribution is 2.36. The molecule has 1 aromatic rings. The molecule has 1 heterocycles. The van der Waals surface area contributed by atoms with E-state index < -0.39 is 5.67 Å². The van der Waals surface area contributed by atoms with Gasteiger partial charge in [0.25, 0.3) is 0 Å². The fourth-order valence-electron chi connectivity index (χ4n) is 2.17. The molecule has 0 spiro atoms. The van der Waals surface area contributed by atoms with Gasteiger partial charge in [0.15, 0.2) is 0 Å². The van der Waals surface area contributed by atoms with Gasteiger partial charge in [-0.25, -0.2) is 4.39 Å². The smallest absolute Gasteiger partial charge is 0.127 e. The minimum atomic E-state index is -1.20. The normalized spacial score (nSPS) is 31.5. The third-order valence-electron chi connectivity index (χ3n) is 3.02. The van der Waals surface area contributed by atoms with Gasteiger partial charge in [-0.05, 0) is 44.0 Å². The Kier molecular flexibility index (Phi) is 2.65. The molecule has 0 radical (unpaired) electrons. The van der Waals surface area contributed by atoms with E-state index >= 15 is 0 Å². The topological polar surface area (TPSA) is 32.3 Å². The Bertz CT molecular complexity index is 334. The number of rotatable bonds is 1. The van der Waals surface area contributed by atoms with Crippen molar-refractivity contribution in [3.05, 3.63) is 29.8 Å². The number of piperidine rings is 1. The van der Waals surface area contributed by atoms with Crippen LogP contribution < -0.4 is 5.32 Å². The summed E-state index contributed by atoms with van der Waals surface area (Å²) >= 11 is 0. The monoisotopic (exact) mass is 209 g/mol. The SMILES string of the molecule is CC1(F)CCCNC1c1ccc(O)cc1. The zero-order valence-electron chi connectivity index (χ0n) is 8.83. The van der Waals surface area contributed by atoms with Crippen LogP contribution in [0.4, 0.5) is 4.39 Å². The van der Waals surface area contributed by atoms with Gasteiger partial charge in [-0.3, -0.25) is 0 Å². The standard InChI is InChI=1S/C12H16FNO/c1-12(13)7-2-8-14-11(12)9-3-5-10(15)6-4-9/h3-6,11,14-15H,2,7-8H2,1H3. The Labute approximate surface area is 89.1 Å². The Morgan fingerprint density at radius 1 is 1.40 bits per heavy atom. The van der Waals surface area contributed by atoms with Crippen molar-refractivity contribution < 1.29 is 9.50 Å². The molecule has 3 heteroatoms. The van der Waals surface area contributed by atoms with Gasteiger partial charge in [0, 0.05) is 0 Å². The van der Waals surface area contributed by atoms with E-state index in [0.717, 1.165) is 18.5 Å². The van der Waals surface area contributed by atoms with Crippen molar-refractivity contribution in [2.75, 3.05) is 6.54 Å². The molecule has 1 fully saturated rings. The van der Waals surface area contributed by atoms with Crippen molar-refractivity contribution in [1.29, 1.82) is 0 Å². The van der Waals surface area contributed by atoms with Gasteiger partial charge in [0.05, 0.1) is 6.04 Å². The van der Waals surface area contributed by atoms with Gasteiger partial charge < -0.3 is 10.4 Å². The summed E-state index contributed by atoms with van der Waals surface area (Å²) in [5.41, 5.74) is -0.299. The summed E-state index contributed by atoms with van der Waals surface area (Å²) in [7, 11) is 0. The first-order valence-corrected chi connectivity index (χ1v) is 5.31. The molecule has 0 aliphatic carbocycles. The van der Waals surface area contributed by atoms with Gasteiger partial charge in [-0.2, -0.15) is 0 Å². The van der Waals surface area contributed by atoms with Crippen molar-refractivity contribution in [3.63, 3.8) is 0 Å². The zero-order chi connectivity index (χ0) is 10.9. The third kappa shape index (κ3) is 2.12. The second-order valence-electron chi connectivity index (χ2n) is 4.36. The van der Waals surface area contributed by atoms with Crippen molar-refractivity contribution in [2.45, 2.75) is 31.5 Å². The summed E-state index contributed by atoms with van der Waals surface area (Å²) in [4.78, 5) is 0. The van der Waals surface area contributed by atoms with Crippen LogP contribution >= 0.6 is 0 Å². The largest absolute Gasteiger partial charge is 0.508 e. The Morgan fingerprint density at radius 3 is 2.67 bits per heavy atom. The lowest BCUT2D eigenvalue weighted by atomic mass is 9.85. The first-order chi connectivity index (χ1) is 7.09. The molecule has 0 saturated carbocycles. The second-order valence-corrected chi connectivity index (χ2v) is 4.36. The van der Waals surface area contributed by atoms with Gasteiger partial charge in [-0.15, -0.1) is 0 Å². The number of halogens is 1. The molecule has 82 valence electrons. The van der Waals surface area contributed by atoms with E-state index in [9.17, 15) is 9.50 Å². The van der Waals surface area contributed by atoms with Crippen molar-refractivity contribution in [1.82, 2.24) is 5.32 Å². The molecule has 0 bridgehead atoms. The molecule has 2 N–H and O–H groups in total. The van der Waals surface area contributed by atoms with Gasteiger partial charge >= 0.3 is 0 Å². The van der Waals surface area contributed by atoms with Crippen LogP contribution in [-0.4, -0.2) is 17.3 Å². The summed E-state index contributed by atoms with van der Waals surface area (Å²) in [5.74, 6) is 0.218. The number of alkyl halides is 1. The maximum Gasteiger partial charge on any atom is 0.127 e. The molecule has 0 aromatic heterocycles. The van der Waals surface area contributed by atoms with Gasteiger partial charge in [0.1, 0.15) is 11.4 Å². The van der Waals surface area contributed by atoms with Crippen LogP contribution in [0.3, 0.4) is 0 Å². The van der Waals surface area contributed by atoms with Crippen LogP contribution in [0.15, 0.2) is 24.3 Å². The molecular weight excluding hydrogens is 193 g/mol. The molecule has 1 aliphatic rings. The van der Waals surface area contributed by atoms with Crippen molar-refractivity contribution >= 4 is 0 Å². The van der Waals surface area contributed by atoms with E-state index in [0.29, 0.717) is 6.42 Å². The number of phenolic OH excluding ortho intramolecular Hbond substituents is 1.